The van der Waals surface area contributed by atoms with Crippen LogP contribution in [0.5, 0.6) is 0 Å². The molecule has 0 bridgehead atoms. The monoisotopic (exact) mass is 373 g/mol. The van der Waals surface area contributed by atoms with Crippen molar-refractivity contribution in [3.8, 4) is 0 Å². The second-order valence-electron chi connectivity index (χ2n) is 8.26. The standard InChI is InChI=1S/C20H27N3O4/c1-13-18(27-14(2)21-13)19(26)23-9-16-8-22(10-20(16,11-23)12-24)17(25)7-15-5-3-4-6-15/h5,16,24H,3-4,6-12H2,1-2H3. The number of aromatic nitrogens is 1. The van der Waals surface area contributed by atoms with Crippen LogP contribution in [-0.4, -0.2) is 64.5 Å². The van der Waals surface area contributed by atoms with E-state index in [2.05, 4.69) is 11.1 Å². The van der Waals surface area contributed by atoms with E-state index in [1.807, 2.05) is 4.90 Å². The molecule has 2 fully saturated rings. The van der Waals surface area contributed by atoms with Gasteiger partial charge in [-0.05, 0) is 26.2 Å². The van der Waals surface area contributed by atoms with Crippen molar-refractivity contribution in [2.45, 2.75) is 39.5 Å². The number of rotatable bonds is 4. The number of aliphatic hydroxyl groups excluding tert-OH is 1. The first kappa shape index (κ1) is 18.2. The molecule has 1 N–H and O–H groups in total. The van der Waals surface area contributed by atoms with Gasteiger partial charge in [0, 0.05) is 50.9 Å². The van der Waals surface area contributed by atoms with Crippen LogP contribution < -0.4 is 0 Å². The summed E-state index contributed by atoms with van der Waals surface area (Å²) in [5.41, 5.74) is 1.40. The second-order valence-corrected chi connectivity index (χ2v) is 8.26. The molecule has 0 saturated carbocycles. The molecule has 7 nitrogen and oxygen atoms in total. The molecule has 2 aliphatic heterocycles. The van der Waals surface area contributed by atoms with Gasteiger partial charge >= 0.3 is 0 Å². The van der Waals surface area contributed by atoms with Crippen LogP contribution in [0.3, 0.4) is 0 Å². The number of allylic oxidation sites excluding steroid dienone is 1. The lowest BCUT2D eigenvalue weighted by Crippen LogP contribution is -2.40. The molecule has 146 valence electrons. The Bertz CT molecular complexity index is 799. The van der Waals surface area contributed by atoms with E-state index in [4.69, 9.17) is 4.42 Å². The number of nitrogens with zero attached hydrogens (tertiary/aromatic N) is 3. The quantitative estimate of drug-likeness (QED) is 0.812. The van der Waals surface area contributed by atoms with Gasteiger partial charge in [0.2, 0.25) is 11.7 Å². The zero-order valence-corrected chi connectivity index (χ0v) is 16.0. The summed E-state index contributed by atoms with van der Waals surface area (Å²) in [5.74, 6) is 0.818. The highest BCUT2D eigenvalue weighted by Crippen LogP contribution is 2.43. The summed E-state index contributed by atoms with van der Waals surface area (Å²) < 4.78 is 5.48. The van der Waals surface area contributed by atoms with Crippen molar-refractivity contribution in [1.82, 2.24) is 14.8 Å². The minimum atomic E-state index is -0.432. The zero-order valence-electron chi connectivity index (χ0n) is 16.0. The summed E-state index contributed by atoms with van der Waals surface area (Å²) in [6.45, 7) is 5.55. The fraction of sp³-hybridized carbons (Fsp3) is 0.650. The van der Waals surface area contributed by atoms with Gasteiger partial charge in [-0.25, -0.2) is 4.98 Å². The average Bonchev–Trinajstić information content (AvgIpc) is 3.37. The van der Waals surface area contributed by atoms with E-state index < -0.39 is 5.41 Å². The minimum absolute atomic E-state index is 0.0255. The number of hydrogen-bond donors (Lipinski definition) is 1. The summed E-state index contributed by atoms with van der Waals surface area (Å²) in [7, 11) is 0. The van der Waals surface area contributed by atoms with Gasteiger partial charge in [0.05, 0.1) is 12.3 Å². The van der Waals surface area contributed by atoms with E-state index in [1.165, 1.54) is 5.57 Å². The Balaban J connectivity index is 1.44. The predicted octanol–water partition coefficient (Wildman–Crippen LogP) is 1.68. The van der Waals surface area contributed by atoms with Crippen molar-refractivity contribution < 1.29 is 19.1 Å². The molecule has 3 heterocycles. The Hall–Kier alpha value is -2.15. The normalized spacial score (nSPS) is 27.2. The van der Waals surface area contributed by atoms with Crippen molar-refractivity contribution >= 4 is 11.8 Å². The molecule has 0 spiro atoms. The van der Waals surface area contributed by atoms with Gasteiger partial charge in [0.15, 0.2) is 5.89 Å². The first-order valence-corrected chi connectivity index (χ1v) is 9.72. The Kier molecular flexibility index (Phi) is 4.58. The lowest BCUT2D eigenvalue weighted by molar-refractivity contribution is -0.130. The summed E-state index contributed by atoms with van der Waals surface area (Å²) >= 11 is 0. The molecule has 2 amide bonds. The maximum atomic E-state index is 12.8. The molecule has 1 aromatic heterocycles. The third-order valence-electron chi connectivity index (χ3n) is 6.32. The van der Waals surface area contributed by atoms with Gasteiger partial charge in [-0.1, -0.05) is 11.6 Å². The molecular weight excluding hydrogens is 346 g/mol. The Morgan fingerprint density at radius 1 is 1.30 bits per heavy atom. The molecule has 27 heavy (non-hydrogen) atoms. The number of amides is 2. The van der Waals surface area contributed by atoms with Crippen LogP contribution in [0.4, 0.5) is 0 Å². The number of oxazole rings is 1. The van der Waals surface area contributed by atoms with Gasteiger partial charge in [0.1, 0.15) is 0 Å². The molecule has 4 rings (SSSR count). The molecule has 1 aromatic rings. The molecule has 2 unspecified atom stereocenters. The summed E-state index contributed by atoms with van der Waals surface area (Å²) in [6.07, 6.45) is 5.91. The van der Waals surface area contributed by atoms with Gasteiger partial charge in [-0.2, -0.15) is 0 Å². The number of aryl methyl sites for hydroxylation is 2. The molecule has 7 heteroatoms. The number of carbonyl (C=O) groups excluding carboxylic acids is 2. The largest absolute Gasteiger partial charge is 0.436 e. The highest BCUT2D eigenvalue weighted by Gasteiger charge is 2.54. The number of fused-ring (bicyclic) bond motifs is 1. The summed E-state index contributed by atoms with van der Waals surface area (Å²) in [5, 5.41) is 10.1. The molecule has 2 atom stereocenters. The Morgan fingerprint density at radius 3 is 2.63 bits per heavy atom. The van der Waals surface area contributed by atoms with Gasteiger partial charge in [-0.15, -0.1) is 0 Å². The van der Waals surface area contributed by atoms with E-state index in [1.54, 1.807) is 18.7 Å². The Morgan fingerprint density at radius 2 is 2.04 bits per heavy atom. The highest BCUT2D eigenvalue weighted by atomic mass is 16.4. The van der Waals surface area contributed by atoms with Crippen LogP contribution in [0.15, 0.2) is 16.1 Å². The summed E-state index contributed by atoms with van der Waals surface area (Å²) in [4.78, 5) is 33.3. The van der Waals surface area contributed by atoms with E-state index in [0.29, 0.717) is 44.2 Å². The van der Waals surface area contributed by atoms with E-state index in [-0.39, 0.29) is 30.1 Å². The van der Waals surface area contributed by atoms with Crippen LogP contribution in [0.1, 0.15) is 47.8 Å². The van der Waals surface area contributed by atoms with Crippen molar-refractivity contribution in [2.75, 3.05) is 32.8 Å². The fourth-order valence-corrected chi connectivity index (χ4v) is 4.83. The van der Waals surface area contributed by atoms with Crippen LogP contribution in [0.2, 0.25) is 0 Å². The maximum Gasteiger partial charge on any atom is 0.291 e. The van der Waals surface area contributed by atoms with Crippen molar-refractivity contribution in [2.24, 2.45) is 11.3 Å². The van der Waals surface area contributed by atoms with Crippen molar-refractivity contribution in [3.05, 3.63) is 29.0 Å². The average molecular weight is 373 g/mol. The topological polar surface area (TPSA) is 86.9 Å². The lowest BCUT2D eigenvalue weighted by atomic mass is 9.82. The van der Waals surface area contributed by atoms with Gasteiger partial charge < -0.3 is 19.3 Å². The lowest BCUT2D eigenvalue weighted by Gasteiger charge is -2.27. The molecule has 0 aromatic carbocycles. The van der Waals surface area contributed by atoms with Crippen LogP contribution in [0.25, 0.3) is 0 Å². The fourth-order valence-electron chi connectivity index (χ4n) is 4.83. The van der Waals surface area contributed by atoms with Crippen LogP contribution in [-0.2, 0) is 4.79 Å². The number of hydrogen-bond acceptors (Lipinski definition) is 5. The number of likely N-dealkylation sites (tertiary alicyclic amines) is 2. The Labute approximate surface area is 159 Å². The van der Waals surface area contributed by atoms with Crippen LogP contribution >= 0.6 is 0 Å². The highest BCUT2D eigenvalue weighted by molar-refractivity contribution is 5.92. The summed E-state index contributed by atoms with van der Waals surface area (Å²) in [6, 6.07) is 0. The third-order valence-corrected chi connectivity index (χ3v) is 6.32. The van der Waals surface area contributed by atoms with E-state index >= 15 is 0 Å². The van der Waals surface area contributed by atoms with E-state index in [0.717, 1.165) is 19.3 Å². The minimum Gasteiger partial charge on any atom is -0.436 e. The zero-order chi connectivity index (χ0) is 19.2. The van der Waals surface area contributed by atoms with Crippen LogP contribution in [0, 0.1) is 25.2 Å². The van der Waals surface area contributed by atoms with Crippen molar-refractivity contribution in [3.63, 3.8) is 0 Å². The molecule has 2 saturated heterocycles. The molecule has 1 aliphatic carbocycles. The second kappa shape index (κ2) is 6.78. The van der Waals surface area contributed by atoms with Gasteiger partial charge in [0.25, 0.3) is 5.91 Å². The number of carbonyl (C=O) groups is 2. The molecule has 3 aliphatic rings. The predicted molar refractivity (Wildman–Crippen MR) is 98.0 cm³/mol. The molecular formula is C20H27N3O4. The SMILES string of the molecule is Cc1nc(C)c(C(=O)N2CC3CN(C(=O)CC4=CCCC4)CC3(CO)C2)o1. The first-order chi connectivity index (χ1) is 12.9. The number of aliphatic hydroxyl groups is 1. The molecule has 0 radical (unpaired) electrons. The third kappa shape index (κ3) is 3.18. The first-order valence-electron chi connectivity index (χ1n) is 9.72. The van der Waals surface area contributed by atoms with Gasteiger partial charge in [-0.3, -0.25) is 9.59 Å². The maximum absolute atomic E-state index is 12.8. The smallest absolute Gasteiger partial charge is 0.291 e. The van der Waals surface area contributed by atoms with Crippen molar-refractivity contribution in [1.29, 1.82) is 0 Å². The van der Waals surface area contributed by atoms with E-state index in [9.17, 15) is 14.7 Å².